The Morgan fingerprint density at radius 1 is 0.920 bits per heavy atom. The Kier molecular flexibility index (Phi) is 3.29. The number of aromatic amines is 2. The number of anilines is 1. The maximum Gasteiger partial charge on any atom is 0.323 e. The third kappa shape index (κ3) is 2.52. The van der Waals surface area contributed by atoms with Crippen LogP contribution in [0.2, 0.25) is 0 Å². The average Bonchev–Trinajstić information content (AvgIpc) is 2.99. The number of hydrogen-bond donors (Lipinski definition) is 4. The van der Waals surface area contributed by atoms with E-state index in [0.717, 1.165) is 10.8 Å². The first kappa shape index (κ1) is 15.0. The number of carbonyl (C=O) groups excluding carboxylic acids is 1. The van der Waals surface area contributed by atoms with Crippen molar-refractivity contribution < 1.29 is 15.1 Å². The van der Waals surface area contributed by atoms with Crippen molar-refractivity contribution in [3.05, 3.63) is 70.6 Å². The SMILES string of the molecule is O=C(c1cc2ccccc2cc1O)N(O)c1ccc2[nH]c(=O)[nH]c2c1. The van der Waals surface area contributed by atoms with Crippen LogP contribution in [0.4, 0.5) is 5.69 Å². The zero-order valence-corrected chi connectivity index (χ0v) is 12.9. The largest absolute Gasteiger partial charge is 0.507 e. The predicted octanol–water partition coefficient (Wildman–Crippen LogP) is 2.75. The number of phenols is 1. The smallest absolute Gasteiger partial charge is 0.323 e. The number of aromatic hydroxyl groups is 1. The number of H-pyrrole nitrogens is 2. The van der Waals surface area contributed by atoms with Crippen molar-refractivity contribution in [3.8, 4) is 5.75 Å². The van der Waals surface area contributed by atoms with Crippen LogP contribution in [0.1, 0.15) is 10.4 Å². The number of aromatic nitrogens is 2. The van der Waals surface area contributed by atoms with Crippen LogP contribution in [0.5, 0.6) is 5.75 Å². The fourth-order valence-electron chi connectivity index (χ4n) is 2.78. The first-order valence-corrected chi connectivity index (χ1v) is 7.50. The quantitative estimate of drug-likeness (QED) is 0.333. The zero-order valence-electron chi connectivity index (χ0n) is 12.9. The molecule has 0 atom stereocenters. The molecule has 0 aliphatic heterocycles. The van der Waals surface area contributed by atoms with Gasteiger partial charge in [0.2, 0.25) is 0 Å². The molecule has 7 heteroatoms. The number of fused-ring (bicyclic) bond motifs is 2. The Morgan fingerprint density at radius 2 is 1.60 bits per heavy atom. The van der Waals surface area contributed by atoms with E-state index in [1.165, 1.54) is 24.3 Å². The molecule has 0 spiro atoms. The molecule has 0 bridgehead atoms. The van der Waals surface area contributed by atoms with Crippen molar-refractivity contribution in [1.82, 2.24) is 9.97 Å². The highest BCUT2D eigenvalue weighted by Gasteiger charge is 2.20. The third-order valence-electron chi connectivity index (χ3n) is 4.03. The monoisotopic (exact) mass is 335 g/mol. The second kappa shape index (κ2) is 5.50. The number of rotatable bonds is 2. The van der Waals surface area contributed by atoms with E-state index >= 15 is 0 Å². The number of imidazole rings is 1. The lowest BCUT2D eigenvalue weighted by molar-refractivity contribution is 0.0852. The number of amides is 1. The van der Waals surface area contributed by atoms with Gasteiger partial charge < -0.3 is 15.1 Å². The van der Waals surface area contributed by atoms with Crippen molar-refractivity contribution in [2.45, 2.75) is 0 Å². The second-order valence-electron chi connectivity index (χ2n) is 5.64. The Morgan fingerprint density at radius 3 is 2.36 bits per heavy atom. The summed E-state index contributed by atoms with van der Waals surface area (Å²) in [6.07, 6.45) is 0. The minimum Gasteiger partial charge on any atom is -0.507 e. The van der Waals surface area contributed by atoms with Gasteiger partial charge in [0.25, 0.3) is 5.91 Å². The molecule has 4 rings (SSSR count). The normalized spacial score (nSPS) is 11.1. The molecule has 1 aromatic heterocycles. The van der Waals surface area contributed by atoms with E-state index in [2.05, 4.69) is 9.97 Å². The summed E-state index contributed by atoms with van der Waals surface area (Å²) in [5, 5.41) is 22.4. The molecule has 25 heavy (non-hydrogen) atoms. The lowest BCUT2D eigenvalue weighted by atomic mass is 10.1. The van der Waals surface area contributed by atoms with Gasteiger partial charge in [0.1, 0.15) is 5.75 Å². The maximum atomic E-state index is 12.6. The lowest BCUT2D eigenvalue weighted by Gasteiger charge is -2.16. The molecular formula is C18H13N3O4. The van der Waals surface area contributed by atoms with Crippen molar-refractivity contribution in [2.24, 2.45) is 0 Å². The van der Waals surface area contributed by atoms with E-state index in [9.17, 15) is 19.9 Å². The van der Waals surface area contributed by atoms with Crippen LogP contribution >= 0.6 is 0 Å². The zero-order chi connectivity index (χ0) is 17.6. The summed E-state index contributed by atoms with van der Waals surface area (Å²) in [4.78, 5) is 29.0. The summed E-state index contributed by atoms with van der Waals surface area (Å²) in [5.41, 5.74) is 0.777. The van der Waals surface area contributed by atoms with E-state index in [1.807, 2.05) is 24.3 Å². The highest BCUT2D eigenvalue weighted by atomic mass is 16.5. The van der Waals surface area contributed by atoms with Crippen molar-refractivity contribution in [3.63, 3.8) is 0 Å². The van der Waals surface area contributed by atoms with Crippen molar-refractivity contribution in [1.29, 1.82) is 0 Å². The molecular weight excluding hydrogens is 322 g/mol. The number of hydroxylamine groups is 1. The Hall–Kier alpha value is -3.58. The van der Waals surface area contributed by atoms with Gasteiger partial charge in [-0.1, -0.05) is 24.3 Å². The van der Waals surface area contributed by atoms with Crippen LogP contribution in [0, 0.1) is 0 Å². The highest BCUT2D eigenvalue weighted by molar-refractivity contribution is 6.09. The summed E-state index contributed by atoms with van der Waals surface area (Å²) in [7, 11) is 0. The van der Waals surface area contributed by atoms with E-state index in [0.29, 0.717) is 16.1 Å². The minimum atomic E-state index is -0.777. The number of phenolic OH excluding ortho intramolecular Hbond substituents is 1. The molecule has 0 aliphatic rings. The van der Waals surface area contributed by atoms with Crippen LogP contribution in [0.3, 0.4) is 0 Å². The van der Waals surface area contributed by atoms with Gasteiger partial charge in [-0.25, -0.2) is 4.79 Å². The number of nitrogens with zero attached hydrogens (tertiary/aromatic N) is 1. The molecule has 1 amide bonds. The molecule has 7 nitrogen and oxygen atoms in total. The molecule has 124 valence electrons. The number of nitrogens with one attached hydrogen (secondary N) is 2. The predicted molar refractivity (Wildman–Crippen MR) is 93.1 cm³/mol. The molecule has 3 aromatic carbocycles. The average molecular weight is 335 g/mol. The van der Waals surface area contributed by atoms with Gasteiger partial charge in [0, 0.05) is 0 Å². The van der Waals surface area contributed by atoms with Crippen molar-refractivity contribution >= 4 is 33.4 Å². The van der Waals surface area contributed by atoms with Gasteiger partial charge in [0.15, 0.2) is 0 Å². The van der Waals surface area contributed by atoms with Gasteiger partial charge in [-0.3, -0.25) is 10.0 Å². The van der Waals surface area contributed by atoms with Crippen LogP contribution in [0.25, 0.3) is 21.8 Å². The van der Waals surface area contributed by atoms with Crippen LogP contribution in [-0.2, 0) is 0 Å². The topological polar surface area (TPSA) is 109 Å². The number of hydrogen-bond acceptors (Lipinski definition) is 4. The Labute approximate surface area is 140 Å². The Balaban J connectivity index is 1.76. The van der Waals surface area contributed by atoms with Crippen LogP contribution in [0.15, 0.2) is 59.4 Å². The first-order valence-electron chi connectivity index (χ1n) is 7.50. The number of benzene rings is 3. The summed E-state index contributed by atoms with van der Waals surface area (Å²) in [6.45, 7) is 0. The fourth-order valence-corrected chi connectivity index (χ4v) is 2.78. The van der Waals surface area contributed by atoms with Gasteiger partial charge in [0.05, 0.1) is 22.3 Å². The molecule has 0 saturated heterocycles. The molecule has 4 aromatic rings. The molecule has 1 heterocycles. The van der Waals surface area contributed by atoms with Gasteiger partial charge >= 0.3 is 5.69 Å². The van der Waals surface area contributed by atoms with Crippen LogP contribution < -0.4 is 10.8 Å². The van der Waals surface area contributed by atoms with E-state index < -0.39 is 5.91 Å². The molecule has 0 aliphatic carbocycles. The molecule has 0 radical (unpaired) electrons. The molecule has 0 unspecified atom stereocenters. The molecule has 4 N–H and O–H groups in total. The lowest BCUT2D eigenvalue weighted by Crippen LogP contribution is -2.27. The number of carbonyl (C=O) groups is 1. The summed E-state index contributed by atoms with van der Waals surface area (Å²) >= 11 is 0. The van der Waals surface area contributed by atoms with Crippen molar-refractivity contribution in [2.75, 3.05) is 5.06 Å². The third-order valence-corrected chi connectivity index (χ3v) is 4.03. The van der Waals surface area contributed by atoms with E-state index in [4.69, 9.17) is 0 Å². The standard InChI is InChI=1S/C18H13N3O4/c22-16-8-11-4-2-1-3-10(11)7-13(16)17(23)21(25)12-5-6-14-15(9-12)20-18(24)19-14/h1-9,22,25H,(H2,19,20,24). The summed E-state index contributed by atoms with van der Waals surface area (Å²) in [5.74, 6) is -1.00. The van der Waals surface area contributed by atoms with Gasteiger partial charge in [-0.2, -0.15) is 5.06 Å². The fraction of sp³-hybridized carbons (Fsp3) is 0. The maximum absolute atomic E-state index is 12.6. The minimum absolute atomic E-state index is 0.0242. The van der Waals surface area contributed by atoms with E-state index in [-0.39, 0.29) is 22.7 Å². The van der Waals surface area contributed by atoms with Gasteiger partial charge in [-0.15, -0.1) is 0 Å². The van der Waals surface area contributed by atoms with Gasteiger partial charge in [-0.05, 0) is 41.1 Å². The first-order chi connectivity index (χ1) is 12.0. The van der Waals surface area contributed by atoms with E-state index in [1.54, 1.807) is 6.07 Å². The van der Waals surface area contributed by atoms with Crippen LogP contribution in [-0.4, -0.2) is 26.2 Å². The second-order valence-corrected chi connectivity index (χ2v) is 5.64. The highest BCUT2D eigenvalue weighted by Crippen LogP contribution is 2.27. The summed E-state index contributed by atoms with van der Waals surface area (Å²) < 4.78 is 0. The molecule has 0 fully saturated rings. The Bertz CT molecular complexity index is 1180. The summed E-state index contributed by atoms with van der Waals surface area (Å²) in [6, 6.07) is 14.8. The molecule has 0 saturated carbocycles.